The SMILES string of the molecule is O=C(O)C1CC1N1CCc2cc3ccccc3nc21. The van der Waals surface area contributed by atoms with Gasteiger partial charge in [0.15, 0.2) is 0 Å². The van der Waals surface area contributed by atoms with E-state index in [1.54, 1.807) is 0 Å². The van der Waals surface area contributed by atoms with Gasteiger partial charge in [-0.1, -0.05) is 18.2 Å². The highest BCUT2D eigenvalue weighted by atomic mass is 16.4. The molecule has 0 amide bonds. The summed E-state index contributed by atoms with van der Waals surface area (Å²) in [6, 6.07) is 10.4. The number of pyridine rings is 1. The molecule has 2 heterocycles. The maximum absolute atomic E-state index is 11.0. The zero-order chi connectivity index (χ0) is 13.0. The average molecular weight is 254 g/mol. The van der Waals surface area contributed by atoms with E-state index in [1.165, 1.54) is 5.56 Å². The molecular weight excluding hydrogens is 240 g/mol. The first-order valence-corrected chi connectivity index (χ1v) is 6.62. The lowest BCUT2D eigenvalue weighted by Gasteiger charge is -2.18. The van der Waals surface area contributed by atoms with E-state index in [1.807, 2.05) is 18.2 Å². The third kappa shape index (κ3) is 1.59. The van der Waals surface area contributed by atoms with Crippen LogP contribution in [0.25, 0.3) is 10.9 Å². The molecule has 1 saturated carbocycles. The molecule has 1 fully saturated rings. The molecule has 4 rings (SSSR count). The van der Waals surface area contributed by atoms with Crippen LogP contribution in [0, 0.1) is 5.92 Å². The van der Waals surface area contributed by atoms with Gasteiger partial charge in [0.05, 0.1) is 11.4 Å². The van der Waals surface area contributed by atoms with E-state index in [2.05, 4.69) is 17.0 Å². The topological polar surface area (TPSA) is 53.4 Å². The van der Waals surface area contributed by atoms with Crippen LogP contribution in [0.5, 0.6) is 0 Å². The summed E-state index contributed by atoms with van der Waals surface area (Å²) in [7, 11) is 0. The minimum atomic E-state index is -0.681. The summed E-state index contributed by atoms with van der Waals surface area (Å²) < 4.78 is 0. The van der Waals surface area contributed by atoms with Crippen molar-refractivity contribution in [2.75, 3.05) is 11.4 Å². The molecule has 4 nitrogen and oxygen atoms in total. The Balaban J connectivity index is 1.74. The van der Waals surface area contributed by atoms with Crippen molar-refractivity contribution in [2.45, 2.75) is 18.9 Å². The fourth-order valence-corrected chi connectivity index (χ4v) is 3.04. The number of fused-ring (bicyclic) bond motifs is 2. The molecule has 0 spiro atoms. The van der Waals surface area contributed by atoms with Crippen molar-refractivity contribution in [3.05, 3.63) is 35.9 Å². The highest BCUT2D eigenvalue weighted by Crippen LogP contribution is 2.42. The van der Waals surface area contributed by atoms with E-state index in [9.17, 15) is 4.79 Å². The molecule has 1 aromatic carbocycles. The van der Waals surface area contributed by atoms with Gasteiger partial charge < -0.3 is 10.0 Å². The predicted octanol–water partition coefficient (Wildman–Crippen LogP) is 2.07. The number of hydrogen-bond acceptors (Lipinski definition) is 3. The van der Waals surface area contributed by atoms with Gasteiger partial charge >= 0.3 is 5.97 Å². The normalized spacial score (nSPS) is 24.5. The maximum atomic E-state index is 11.0. The van der Waals surface area contributed by atoms with Crippen LogP contribution >= 0.6 is 0 Å². The van der Waals surface area contributed by atoms with Gasteiger partial charge in [-0.3, -0.25) is 4.79 Å². The summed E-state index contributed by atoms with van der Waals surface area (Å²) >= 11 is 0. The monoisotopic (exact) mass is 254 g/mol. The van der Waals surface area contributed by atoms with Crippen molar-refractivity contribution in [2.24, 2.45) is 5.92 Å². The lowest BCUT2D eigenvalue weighted by molar-refractivity contribution is -0.138. The Hall–Kier alpha value is -2.10. The second-order valence-corrected chi connectivity index (χ2v) is 5.35. The molecule has 2 unspecified atom stereocenters. The molecule has 2 atom stereocenters. The highest BCUT2D eigenvalue weighted by Gasteiger charge is 2.49. The molecule has 0 radical (unpaired) electrons. The van der Waals surface area contributed by atoms with E-state index in [0.717, 1.165) is 36.1 Å². The van der Waals surface area contributed by atoms with Gasteiger partial charge in [0.2, 0.25) is 0 Å². The summed E-state index contributed by atoms with van der Waals surface area (Å²) in [5.41, 5.74) is 2.23. The Morgan fingerprint density at radius 3 is 3.00 bits per heavy atom. The Labute approximate surface area is 110 Å². The minimum absolute atomic E-state index is 0.146. The lowest BCUT2D eigenvalue weighted by atomic mass is 10.1. The smallest absolute Gasteiger partial charge is 0.308 e. The number of carboxylic acids is 1. The first-order chi connectivity index (χ1) is 9.24. The largest absolute Gasteiger partial charge is 0.481 e. The molecule has 19 heavy (non-hydrogen) atoms. The van der Waals surface area contributed by atoms with Crippen molar-refractivity contribution in [3.8, 4) is 0 Å². The number of aromatic nitrogens is 1. The van der Waals surface area contributed by atoms with Crippen LogP contribution in [-0.2, 0) is 11.2 Å². The fourth-order valence-electron chi connectivity index (χ4n) is 3.04. The first-order valence-electron chi connectivity index (χ1n) is 6.62. The van der Waals surface area contributed by atoms with Gasteiger partial charge in [0.1, 0.15) is 5.82 Å². The summed E-state index contributed by atoms with van der Waals surface area (Å²) in [5.74, 6) is 0.103. The third-order valence-corrected chi connectivity index (χ3v) is 4.15. The van der Waals surface area contributed by atoms with Crippen molar-refractivity contribution in [3.63, 3.8) is 0 Å². The van der Waals surface area contributed by atoms with Crippen molar-refractivity contribution >= 4 is 22.7 Å². The maximum Gasteiger partial charge on any atom is 0.308 e. The molecule has 2 aromatic rings. The Morgan fingerprint density at radius 1 is 1.37 bits per heavy atom. The van der Waals surface area contributed by atoms with Crippen molar-refractivity contribution in [1.82, 2.24) is 4.98 Å². The summed E-state index contributed by atoms with van der Waals surface area (Å²) in [4.78, 5) is 17.9. The van der Waals surface area contributed by atoms with Gasteiger partial charge in [-0.25, -0.2) is 4.98 Å². The molecule has 4 heteroatoms. The Kier molecular flexibility index (Phi) is 2.10. The van der Waals surface area contributed by atoms with E-state index >= 15 is 0 Å². The van der Waals surface area contributed by atoms with E-state index < -0.39 is 5.97 Å². The van der Waals surface area contributed by atoms with Crippen LogP contribution in [0.3, 0.4) is 0 Å². The number of benzene rings is 1. The summed E-state index contributed by atoms with van der Waals surface area (Å²) in [6.07, 6.45) is 1.72. The molecule has 2 aliphatic rings. The molecule has 1 aromatic heterocycles. The molecule has 1 N–H and O–H groups in total. The van der Waals surface area contributed by atoms with E-state index in [0.29, 0.717) is 0 Å². The Morgan fingerprint density at radius 2 is 2.21 bits per heavy atom. The molecular formula is C15H14N2O2. The second-order valence-electron chi connectivity index (χ2n) is 5.35. The molecule has 96 valence electrons. The van der Waals surface area contributed by atoms with Gasteiger partial charge in [0, 0.05) is 18.0 Å². The minimum Gasteiger partial charge on any atom is -0.481 e. The van der Waals surface area contributed by atoms with Crippen molar-refractivity contribution < 1.29 is 9.90 Å². The van der Waals surface area contributed by atoms with Gasteiger partial charge in [-0.05, 0) is 30.5 Å². The number of nitrogens with zero attached hydrogens (tertiary/aromatic N) is 2. The number of hydrogen-bond donors (Lipinski definition) is 1. The first kappa shape index (κ1) is 10.8. The number of rotatable bonds is 2. The summed E-state index contributed by atoms with van der Waals surface area (Å²) in [6.45, 7) is 0.896. The zero-order valence-electron chi connectivity index (χ0n) is 10.4. The average Bonchev–Trinajstić information content (AvgIpc) is 3.11. The second kappa shape index (κ2) is 3.70. The highest BCUT2D eigenvalue weighted by molar-refractivity contribution is 5.83. The molecule has 1 aliphatic heterocycles. The number of para-hydroxylation sites is 1. The number of aliphatic carboxylic acids is 1. The zero-order valence-corrected chi connectivity index (χ0v) is 10.4. The number of carboxylic acid groups (broad SMARTS) is 1. The van der Waals surface area contributed by atoms with E-state index in [-0.39, 0.29) is 12.0 Å². The fraction of sp³-hybridized carbons (Fsp3) is 0.333. The van der Waals surface area contributed by atoms with E-state index in [4.69, 9.17) is 10.1 Å². The molecule has 1 aliphatic carbocycles. The molecule has 0 saturated heterocycles. The van der Waals surface area contributed by atoms with Crippen LogP contribution in [0.1, 0.15) is 12.0 Å². The van der Waals surface area contributed by atoms with Gasteiger partial charge in [0.25, 0.3) is 0 Å². The van der Waals surface area contributed by atoms with Gasteiger partial charge in [-0.2, -0.15) is 0 Å². The Bertz CT molecular complexity index is 683. The standard InChI is InChI=1S/C15H14N2O2/c18-15(19)11-8-13(11)17-6-5-10-7-9-3-1-2-4-12(9)16-14(10)17/h1-4,7,11,13H,5-6,8H2,(H,18,19). The number of anilines is 1. The quantitative estimate of drug-likeness (QED) is 0.891. The van der Waals surface area contributed by atoms with Gasteiger partial charge in [-0.15, -0.1) is 0 Å². The van der Waals surface area contributed by atoms with Crippen LogP contribution in [0.15, 0.2) is 30.3 Å². The number of carbonyl (C=O) groups is 1. The van der Waals surface area contributed by atoms with Crippen LogP contribution in [0.2, 0.25) is 0 Å². The van der Waals surface area contributed by atoms with Crippen LogP contribution < -0.4 is 4.90 Å². The van der Waals surface area contributed by atoms with Crippen LogP contribution in [0.4, 0.5) is 5.82 Å². The molecule has 0 bridgehead atoms. The lowest BCUT2D eigenvalue weighted by Crippen LogP contribution is -2.26. The van der Waals surface area contributed by atoms with Crippen molar-refractivity contribution in [1.29, 1.82) is 0 Å². The third-order valence-electron chi connectivity index (χ3n) is 4.15. The predicted molar refractivity (Wildman–Crippen MR) is 72.3 cm³/mol. The van der Waals surface area contributed by atoms with Crippen LogP contribution in [-0.4, -0.2) is 28.6 Å². The summed E-state index contributed by atoms with van der Waals surface area (Å²) in [5, 5.41) is 10.2.